The third-order valence-electron chi connectivity index (χ3n) is 4.90. The molecule has 0 amide bonds. The van der Waals surface area contributed by atoms with Crippen molar-refractivity contribution in [3.8, 4) is 0 Å². The molecule has 0 bridgehead atoms. The molecule has 224 valence electrons. The monoisotopic (exact) mass is 559 g/mol. The lowest BCUT2D eigenvalue weighted by Crippen LogP contribution is -2.15. The van der Waals surface area contributed by atoms with E-state index in [4.69, 9.17) is 43.0 Å². The molecule has 12 heteroatoms. The van der Waals surface area contributed by atoms with E-state index in [1.54, 1.807) is 12.1 Å². The van der Waals surface area contributed by atoms with Crippen molar-refractivity contribution in [2.24, 2.45) is 0 Å². The number of ether oxygens (including phenoxy) is 8. The molecule has 1 rings (SSSR count). The van der Waals surface area contributed by atoms with E-state index in [-0.39, 0.29) is 25.8 Å². The molecule has 0 atom stereocenters. The van der Waals surface area contributed by atoms with Crippen molar-refractivity contribution in [2.75, 3.05) is 111 Å². The summed E-state index contributed by atoms with van der Waals surface area (Å²) in [6.45, 7) is 8.19. The summed E-state index contributed by atoms with van der Waals surface area (Å²) >= 11 is 0. The molecule has 0 saturated heterocycles. The second-order valence-corrected chi connectivity index (χ2v) is 8.11. The van der Waals surface area contributed by atoms with Crippen LogP contribution in [0.5, 0.6) is 0 Å². The van der Waals surface area contributed by atoms with E-state index in [0.717, 1.165) is 25.1 Å². The van der Waals surface area contributed by atoms with Crippen LogP contribution in [0.4, 0.5) is 5.69 Å². The maximum atomic E-state index is 12.1. The van der Waals surface area contributed by atoms with Crippen LogP contribution in [0.3, 0.4) is 0 Å². The molecule has 0 aliphatic rings. The summed E-state index contributed by atoms with van der Waals surface area (Å²) in [7, 11) is 0. The molecule has 0 saturated carbocycles. The first kappa shape index (κ1) is 34.7. The zero-order valence-corrected chi connectivity index (χ0v) is 23.1. The first-order chi connectivity index (χ1) is 19.1. The lowest BCUT2D eigenvalue weighted by molar-refractivity contribution is -0.142. The Hall–Kier alpha value is -2.32. The standard InChI is InChI=1S/C27H45NO11/c1-2-3-8-28-25-6-4-24(5-7-25)27(31)39-22-21-37-18-17-35-14-13-33-10-9-32-11-12-34-15-16-36-19-20-38-23-26(29)30/h4-7,28H,2-3,8-23H2,1H3,(H,29,30). The van der Waals surface area contributed by atoms with E-state index in [1.165, 1.54) is 0 Å². The van der Waals surface area contributed by atoms with Gasteiger partial charge in [0.2, 0.25) is 0 Å². The van der Waals surface area contributed by atoms with Gasteiger partial charge >= 0.3 is 11.9 Å². The Bertz CT molecular complexity index is 718. The molecule has 0 unspecified atom stereocenters. The van der Waals surface area contributed by atoms with Gasteiger partial charge in [-0.25, -0.2) is 9.59 Å². The average Bonchev–Trinajstić information content (AvgIpc) is 2.93. The number of aliphatic carboxylic acids is 1. The molecule has 0 fully saturated rings. The number of hydrogen-bond acceptors (Lipinski definition) is 11. The number of hydrogen-bond donors (Lipinski definition) is 2. The van der Waals surface area contributed by atoms with Crippen molar-refractivity contribution in [1.29, 1.82) is 0 Å². The normalized spacial score (nSPS) is 11.0. The molecule has 12 nitrogen and oxygen atoms in total. The van der Waals surface area contributed by atoms with Gasteiger partial charge in [-0.15, -0.1) is 0 Å². The minimum absolute atomic E-state index is 0.183. The Kier molecular flexibility index (Phi) is 23.1. The minimum Gasteiger partial charge on any atom is -0.480 e. The summed E-state index contributed by atoms with van der Waals surface area (Å²) in [5.41, 5.74) is 1.50. The number of nitrogens with one attached hydrogen (secondary N) is 1. The van der Waals surface area contributed by atoms with Crippen LogP contribution in [0.1, 0.15) is 30.1 Å². The van der Waals surface area contributed by atoms with Gasteiger partial charge in [-0.1, -0.05) is 13.3 Å². The van der Waals surface area contributed by atoms with E-state index in [9.17, 15) is 9.59 Å². The quantitative estimate of drug-likeness (QED) is 0.115. The highest BCUT2D eigenvalue weighted by atomic mass is 16.6. The predicted molar refractivity (Wildman–Crippen MR) is 143 cm³/mol. The molecule has 39 heavy (non-hydrogen) atoms. The largest absolute Gasteiger partial charge is 0.480 e. The summed E-state index contributed by atoms with van der Waals surface area (Å²) in [6.07, 6.45) is 2.24. The van der Waals surface area contributed by atoms with E-state index in [0.29, 0.717) is 84.8 Å². The third kappa shape index (κ3) is 22.2. The Morgan fingerprint density at radius 3 is 1.46 bits per heavy atom. The van der Waals surface area contributed by atoms with Gasteiger partial charge in [0.1, 0.15) is 13.2 Å². The number of carbonyl (C=O) groups excluding carboxylic acids is 1. The second-order valence-electron chi connectivity index (χ2n) is 8.11. The van der Waals surface area contributed by atoms with E-state index >= 15 is 0 Å². The van der Waals surface area contributed by atoms with Crippen LogP contribution in [-0.4, -0.2) is 123 Å². The Morgan fingerprint density at radius 1 is 0.641 bits per heavy atom. The summed E-state index contributed by atoms with van der Waals surface area (Å²) in [5.74, 6) is -1.37. The van der Waals surface area contributed by atoms with Gasteiger partial charge in [0, 0.05) is 12.2 Å². The molecule has 0 aliphatic carbocycles. The van der Waals surface area contributed by atoms with Gasteiger partial charge in [0.15, 0.2) is 0 Å². The molecular weight excluding hydrogens is 514 g/mol. The molecule has 0 radical (unpaired) electrons. The molecule has 0 aromatic heterocycles. The van der Waals surface area contributed by atoms with Crippen LogP contribution in [-0.2, 0) is 42.7 Å². The third-order valence-corrected chi connectivity index (χ3v) is 4.90. The smallest absolute Gasteiger partial charge is 0.338 e. The van der Waals surface area contributed by atoms with Crippen molar-refractivity contribution in [3.63, 3.8) is 0 Å². The second kappa shape index (κ2) is 25.9. The van der Waals surface area contributed by atoms with Crippen molar-refractivity contribution in [1.82, 2.24) is 0 Å². The van der Waals surface area contributed by atoms with Crippen molar-refractivity contribution >= 4 is 17.6 Å². The zero-order chi connectivity index (χ0) is 28.2. The number of unbranched alkanes of at least 4 members (excludes halogenated alkanes) is 1. The average molecular weight is 560 g/mol. The lowest BCUT2D eigenvalue weighted by Gasteiger charge is -2.09. The zero-order valence-electron chi connectivity index (χ0n) is 23.1. The number of carboxylic acid groups (broad SMARTS) is 1. The molecule has 2 N–H and O–H groups in total. The molecule has 1 aromatic carbocycles. The van der Waals surface area contributed by atoms with Crippen LogP contribution in [0.2, 0.25) is 0 Å². The summed E-state index contributed by atoms with van der Waals surface area (Å²) in [4.78, 5) is 22.3. The predicted octanol–water partition coefficient (Wildman–Crippen LogP) is 2.26. The number of benzene rings is 1. The number of anilines is 1. The number of esters is 1. The van der Waals surface area contributed by atoms with Crippen molar-refractivity contribution < 1.29 is 52.6 Å². The van der Waals surface area contributed by atoms with E-state index in [1.807, 2.05) is 12.1 Å². The van der Waals surface area contributed by atoms with E-state index in [2.05, 4.69) is 12.2 Å². The first-order valence-corrected chi connectivity index (χ1v) is 13.4. The Morgan fingerprint density at radius 2 is 1.05 bits per heavy atom. The van der Waals surface area contributed by atoms with Crippen LogP contribution >= 0.6 is 0 Å². The Labute approximate surface area is 231 Å². The van der Waals surface area contributed by atoms with Gasteiger partial charge in [0.05, 0.1) is 91.5 Å². The topological polar surface area (TPSA) is 140 Å². The maximum absolute atomic E-state index is 12.1. The van der Waals surface area contributed by atoms with Crippen LogP contribution < -0.4 is 5.32 Å². The molecule has 0 spiro atoms. The van der Waals surface area contributed by atoms with Crippen molar-refractivity contribution in [2.45, 2.75) is 19.8 Å². The molecule has 0 aliphatic heterocycles. The summed E-state index contributed by atoms with van der Waals surface area (Å²) in [6, 6.07) is 7.26. The highest BCUT2D eigenvalue weighted by Gasteiger charge is 2.06. The number of carbonyl (C=O) groups is 2. The van der Waals surface area contributed by atoms with Gasteiger partial charge in [0.25, 0.3) is 0 Å². The SMILES string of the molecule is CCCCNc1ccc(C(=O)OCCOCCOCCOCCOCCOCCOCCOCC(=O)O)cc1. The molecular formula is C27H45NO11. The van der Waals surface area contributed by atoms with Gasteiger partial charge in [-0.05, 0) is 30.7 Å². The van der Waals surface area contributed by atoms with Gasteiger partial charge in [-0.3, -0.25) is 0 Å². The van der Waals surface area contributed by atoms with Crippen molar-refractivity contribution in [3.05, 3.63) is 29.8 Å². The van der Waals surface area contributed by atoms with Crippen LogP contribution in [0, 0.1) is 0 Å². The molecule has 0 heterocycles. The highest BCUT2D eigenvalue weighted by Crippen LogP contribution is 2.10. The lowest BCUT2D eigenvalue weighted by atomic mass is 10.2. The van der Waals surface area contributed by atoms with E-state index < -0.39 is 5.97 Å². The minimum atomic E-state index is -0.999. The molecule has 1 aromatic rings. The van der Waals surface area contributed by atoms with Gasteiger partial charge in [-0.2, -0.15) is 0 Å². The van der Waals surface area contributed by atoms with Crippen LogP contribution in [0.15, 0.2) is 24.3 Å². The summed E-state index contributed by atoms with van der Waals surface area (Å²) in [5, 5.41) is 11.7. The number of carboxylic acids is 1. The number of rotatable bonds is 28. The fourth-order valence-corrected chi connectivity index (χ4v) is 2.89. The first-order valence-electron chi connectivity index (χ1n) is 13.4. The maximum Gasteiger partial charge on any atom is 0.338 e. The fraction of sp³-hybridized carbons (Fsp3) is 0.704. The Balaban J connectivity index is 1.78. The highest BCUT2D eigenvalue weighted by molar-refractivity contribution is 5.89. The summed E-state index contributed by atoms with van der Waals surface area (Å²) < 4.78 is 42.3. The fourth-order valence-electron chi connectivity index (χ4n) is 2.89. The van der Waals surface area contributed by atoms with Gasteiger partial charge < -0.3 is 48.3 Å². The van der Waals surface area contributed by atoms with Crippen LogP contribution in [0.25, 0.3) is 0 Å².